The number of aromatic nitrogens is 1. The van der Waals surface area contributed by atoms with Crippen LogP contribution in [0.1, 0.15) is 36.4 Å². The monoisotopic (exact) mass is 231 g/mol. The minimum atomic E-state index is -0.102. The van der Waals surface area contributed by atoms with Gasteiger partial charge in [0.1, 0.15) is 10.6 Å². The first-order valence-electron chi connectivity index (χ1n) is 4.87. The summed E-state index contributed by atoms with van der Waals surface area (Å²) in [5, 5.41) is 3.13. The molecule has 0 radical (unpaired) electrons. The molecule has 0 amide bonds. The Hall–Kier alpha value is -0.120. The van der Waals surface area contributed by atoms with Gasteiger partial charge in [-0.1, -0.05) is 12.8 Å². The van der Waals surface area contributed by atoms with Gasteiger partial charge in [-0.05, 0) is 12.8 Å². The molecule has 1 heterocycles. The maximum Gasteiger partial charge on any atom is 0.125 e. The Morgan fingerprint density at radius 3 is 2.79 bits per heavy atom. The average molecular weight is 232 g/mol. The quantitative estimate of drug-likeness (QED) is 0.745. The van der Waals surface area contributed by atoms with E-state index in [1.807, 2.05) is 5.38 Å². The number of hydrogen-bond acceptors (Lipinski definition) is 3. The van der Waals surface area contributed by atoms with Crippen molar-refractivity contribution < 1.29 is 4.74 Å². The van der Waals surface area contributed by atoms with Crippen LogP contribution in [0, 0.1) is 0 Å². The van der Waals surface area contributed by atoms with Crippen LogP contribution in [0.2, 0.25) is 0 Å². The summed E-state index contributed by atoms with van der Waals surface area (Å²) < 4.78 is 5.65. The van der Waals surface area contributed by atoms with Crippen LogP contribution in [0.15, 0.2) is 5.38 Å². The third kappa shape index (κ3) is 1.69. The van der Waals surface area contributed by atoms with Crippen molar-refractivity contribution in [3.8, 4) is 0 Å². The molecule has 0 bridgehead atoms. The molecule has 0 atom stereocenters. The van der Waals surface area contributed by atoms with Crippen LogP contribution in [-0.2, 0) is 16.2 Å². The van der Waals surface area contributed by atoms with Gasteiger partial charge in [-0.3, -0.25) is 0 Å². The van der Waals surface area contributed by atoms with Gasteiger partial charge in [0.25, 0.3) is 0 Å². The van der Waals surface area contributed by atoms with Crippen LogP contribution in [0.3, 0.4) is 0 Å². The zero-order valence-electron chi connectivity index (χ0n) is 8.25. The molecule has 1 aromatic heterocycles. The maximum absolute atomic E-state index is 5.74. The van der Waals surface area contributed by atoms with Gasteiger partial charge in [0, 0.05) is 12.5 Å². The van der Waals surface area contributed by atoms with E-state index in [0.717, 1.165) is 23.5 Å². The van der Waals surface area contributed by atoms with Crippen molar-refractivity contribution in [2.75, 3.05) is 7.11 Å². The summed E-state index contributed by atoms with van der Waals surface area (Å²) >= 11 is 7.41. The summed E-state index contributed by atoms with van der Waals surface area (Å²) in [7, 11) is 1.78. The molecular weight excluding hydrogens is 218 g/mol. The second-order valence-corrected chi connectivity index (χ2v) is 4.81. The molecule has 1 aliphatic rings. The Morgan fingerprint density at radius 2 is 2.29 bits per heavy atom. The van der Waals surface area contributed by atoms with Crippen molar-refractivity contribution >= 4 is 22.9 Å². The molecule has 0 saturated heterocycles. The lowest BCUT2D eigenvalue weighted by molar-refractivity contribution is -0.00894. The summed E-state index contributed by atoms with van der Waals surface area (Å²) in [5.74, 6) is 0.496. The zero-order valence-corrected chi connectivity index (χ0v) is 9.83. The van der Waals surface area contributed by atoms with E-state index in [-0.39, 0.29) is 5.60 Å². The molecule has 14 heavy (non-hydrogen) atoms. The predicted molar refractivity (Wildman–Crippen MR) is 58.8 cm³/mol. The van der Waals surface area contributed by atoms with Crippen LogP contribution in [-0.4, -0.2) is 12.1 Å². The Morgan fingerprint density at radius 1 is 1.57 bits per heavy atom. The molecule has 4 heteroatoms. The van der Waals surface area contributed by atoms with Crippen LogP contribution in [0.25, 0.3) is 0 Å². The molecule has 0 aliphatic heterocycles. The molecule has 1 aliphatic carbocycles. The number of rotatable bonds is 3. The predicted octanol–water partition coefficient (Wildman–Crippen LogP) is 3.30. The van der Waals surface area contributed by atoms with Gasteiger partial charge < -0.3 is 4.74 Å². The van der Waals surface area contributed by atoms with Crippen LogP contribution >= 0.6 is 22.9 Å². The van der Waals surface area contributed by atoms with Crippen LogP contribution in [0.4, 0.5) is 0 Å². The Balaban J connectivity index is 2.26. The van der Waals surface area contributed by atoms with E-state index in [0.29, 0.717) is 5.88 Å². The summed E-state index contributed by atoms with van der Waals surface area (Å²) in [4.78, 5) is 4.52. The van der Waals surface area contributed by atoms with E-state index in [4.69, 9.17) is 16.3 Å². The molecule has 2 rings (SSSR count). The highest BCUT2D eigenvalue weighted by molar-refractivity contribution is 7.09. The molecular formula is C10H14ClNOS. The van der Waals surface area contributed by atoms with Gasteiger partial charge in [-0.15, -0.1) is 22.9 Å². The highest BCUT2D eigenvalue weighted by atomic mass is 35.5. The van der Waals surface area contributed by atoms with Crippen LogP contribution < -0.4 is 0 Å². The number of nitrogens with zero attached hydrogens (tertiary/aromatic N) is 1. The third-order valence-corrected chi connectivity index (χ3v) is 4.23. The first-order chi connectivity index (χ1) is 6.80. The lowest BCUT2D eigenvalue weighted by Crippen LogP contribution is -2.24. The summed E-state index contributed by atoms with van der Waals surface area (Å²) in [6, 6.07) is 0. The lowest BCUT2D eigenvalue weighted by atomic mass is 10.0. The van der Waals surface area contributed by atoms with E-state index in [1.54, 1.807) is 18.4 Å². The van der Waals surface area contributed by atoms with Gasteiger partial charge in [-0.2, -0.15) is 0 Å². The number of thiazole rings is 1. The molecule has 1 fully saturated rings. The summed E-state index contributed by atoms with van der Waals surface area (Å²) in [6.07, 6.45) is 4.67. The van der Waals surface area contributed by atoms with Crippen LogP contribution in [0.5, 0.6) is 0 Å². The molecule has 78 valence electrons. The van der Waals surface area contributed by atoms with E-state index >= 15 is 0 Å². The Bertz CT molecular complexity index is 307. The number of alkyl halides is 1. The molecule has 2 nitrogen and oxygen atoms in total. The Labute approximate surface area is 93.3 Å². The minimum absolute atomic E-state index is 0.102. The number of hydrogen-bond donors (Lipinski definition) is 0. The smallest absolute Gasteiger partial charge is 0.125 e. The van der Waals surface area contributed by atoms with Crippen molar-refractivity contribution in [1.29, 1.82) is 0 Å². The molecule has 0 spiro atoms. The topological polar surface area (TPSA) is 22.1 Å². The minimum Gasteiger partial charge on any atom is -0.371 e. The van der Waals surface area contributed by atoms with Crippen molar-refractivity contribution in [3.63, 3.8) is 0 Å². The van der Waals surface area contributed by atoms with Gasteiger partial charge in [0.15, 0.2) is 0 Å². The Kier molecular flexibility index (Phi) is 3.10. The van der Waals surface area contributed by atoms with Crippen molar-refractivity contribution in [2.45, 2.75) is 37.2 Å². The highest BCUT2D eigenvalue weighted by Crippen LogP contribution is 2.42. The van der Waals surface area contributed by atoms with Crippen molar-refractivity contribution in [1.82, 2.24) is 4.98 Å². The van der Waals surface area contributed by atoms with Crippen molar-refractivity contribution in [3.05, 3.63) is 16.1 Å². The van der Waals surface area contributed by atoms with Gasteiger partial charge in [0.2, 0.25) is 0 Å². The maximum atomic E-state index is 5.74. The third-order valence-electron chi connectivity index (χ3n) is 2.88. The molecule has 0 aromatic carbocycles. The number of methoxy groups -OCH3 is 1. The summed E-state index contributed by atoms with van der Waals surface area (Å²) in [5.41, 5.74) is 0.865. The second-order valence-electron chi connectivity index (χ2n) is 3.68. The lowest BCUT2D eigenvalue weighted by Gasteiger charge is -2.24. The fraction of sp³-hybridized carbons (Fsp3) is 0.700. The SMILES string of the molecule is COC1(c2nc(CCl)cs2)CCCC1. The van der Waals surface area contributed by atoms with E-state index < -0.39 is 0 Å². The fourth-order valence-electron chi connectivity index (χ4n) is 2.03. The molecule has 0 N–H and O–H groups in total. The number of ether oxygens (including phenoxy) is 1. The van der Waals surface area contributed by atoms with Gasteiger partial charge >= 0.3 is 0 Å². The van der Waals surface area contributed by atoms with Gasteiger partial charge in [0.05, 0.1) is 11.6 Å². The van der Waals surface area contributed by atoms with Crippen molar-refractivity contribution in [2.24, 2.45) is 0 Å². The highest BCUT2D eigenvalue weighted by Gasteiger charge is 2.38. The molecule has 1 saturated carbocycles. The average Bonchev–Trinajstić information content (AvgIpc) is 2.87. The summed E-state index contributed by atoms with van der Waals surface area (Å²) in [6.45, 7) is 0. The normalized spacial score (nSPS) is 20.1. The molecule has 1 aromatic rings. The first kappa shape index (κ1) is 10.4. The van der Waals surface area contributed by atoms with E-state index in [9.17, 15) is 0 Å². The van der Waals surface area contributed by atoms with E-state index in [2.05, 4.69) is 4.98 Å². The van der Waals surface area contributed by atoms with E-state index in [1.165, 1.54) is 12.8 Å². The number of halogens is 1. The molecule has 0 unspecified atom stereocenters. The largest absolute Gasteiger partial charge is 0.371 e. The standard InChI is InChI=1S/C10H14ClNOS/c1-13-10(4-2-3-5-10)9-12-8(6-11)7-14-9/h7H,2-6H2,1H3. The fourth-order valence-corrected chi connectivity index (χ4v) is 3.31. The van der Waals surface area contributed by atoms with Gasteiger partial charge in [-0.25, -0.2) is 4.98 Å². The first-order valence-corrected chi connectivity index (χ1v) is 6.28. The zero-order chi connectivity index (χ0) is 10.0. The second kappa shape index (κ2) is 4.17.